The third-order valence-corrected chi connectivity index (χ3v) is 4.14. The lowest BCUT2D eigenvalue weighted by atomic mass is 10.1. The average molecular weight is 348 g/mol. The van der Waals surface area contributed by atoms with Crippen molar-refractivity contribution in [3.63, 3.8) is 0 Å². The van der Waals surface area contributed by atoms with E-state index in [-0.39, 0.29) is 17.7 Å². The predicted octanol–water partition coefficient (Wildman–Crippen LogP) is 0.925. The number of amides is 1. The number of carbonyl (C=O) groups is 2. The lowest BCUT2D eigenvalue weighted by molar-refractivity contribution is -0.305. The second-order valence-corrected chi connectivity index (χ2v) is 6.64. The third kappa shape index (κ3) is 5.09. The number of hydrogen-bond acceptors (Lipinski definition) is 7. The highest BCUT2D eigenvalue weighted by molar-refractivity contribution is 8.15. The van der Waals surface area contributed by atoms with E-state index in [0.29, 0.717) is 5.71 Å². The molecule has 7 nitrogen and oxygen atoms in total. The molecule has 0 radical (unpaired) electrons. The monoisotopic (exact) mass is 348 g/mol. The summed E-state index contributed by atoms with van der Waals surface area (Å²) in [4.78, 5) is 22.2. The van der Waals surface area contributed by atoms with E-state index in [2.05, 4.69) is 15.5 Å². The fraction of sp³-hybridized carbons (Fsp3) is 0.375. The van der Waals surface area contributed by atoms with E-state index in [1.165, 1.54) is 0 Å². The summed E-state index contributed by atoms with van der Waals surface area (Å²) in [7, 11) is 0. The number of carbonyl (C=O) groups excluding carboxylic acids is 2. The molecule has 1 fully saturated rings. The molecule has 1 aromatic carbocycles. The third-order valence-electron chi connectivity index (χ3n) is 3.06. The zero-order chi connectivity index (χ0) is 17.7. The summed E-state index contributed by atoms with van der Waals surface area (Å²) < 4.78 is 5.57. The molecule has 1 heterocycles. The standard InChI is InChI=1S/C16H19N3O4S/c1-9(2)23-12-6-4-11(5-7-12)10(3)18-19-16-17-15(22)13(24-16)8-14(20)21/h4-7,9,13H,8H2,1-3H3,(H,20,21)(H,17,19,22)/p-1/b18-10+/t13-/m1/s1. The first-order valence-electron chi connectivity index (χ1n) is 7.42. The Bertz CT molecular complexity index is 683. The van der Waals surface area contributed by atoms with Crippen LogP contribution in [0.2, 0.25) is 0 Å². The van der Waals surface area contributed by atoms with Crippen molar-refractivity contribution in [3.05, 3.63) is 29.8 Å². The van der Waals surface area contributed by atoms with Crippen molar-refractivity contribution >= 4 is 34.5 Å². The van der Waals surface area contributed by atoms with Gasteiger partial charge >= 0.3 is 0 Å². The van der Waals surface area contributed by atoms with Crippen LogP contribution in [0.15, 0.2) is 34.5 Å². The van der Waals surface area contributed by atoms with Gasteiger partial charge in [-0.3, -0.25) is 4.79 Å². The van der Waals surface area contributed by atoms with Crippen LogP contribution in [0.4, 0.5) is 0 Å². The first-order valence-corrected chi connectivity index (χ1v) is 8.30. The summed E-state index contributed by atoms with van der Waals surface area (Å²) in [5, 5.41) is 20.7. The Kier molecular flexibility index (Phi) is 5.97. The first kappa shape index (κ1) is 18.0. The van der Waals surface area contributed by atoms with Crippen LogP contribution in [-0.2, 0) is 9.59 Å². The van der Waals surface area contributed by atoms with E-state index < -0.39 is 17.1 Å². The molecule has 0 aliphatic carbocycles. The maximum Gasteiger partial charge on any atom is 0.239 e. The Hall–Kier alpha value is -2.35. The number of aliphatic carboxylic acids is 1. The normalized spacial score (nSPS) is 19.7. The number of hydrogen-bond donors (Lipinski definition) is 1. The molecule has 1 aromatic rings. The maximum atomic E-state index is 11.6. The molecule has 1 amide bonds. The molecule has 1 aliphatic rings. The summed E-state index contributed by atoms with van der Waals surface area (Å²) in [6, 6.07) is 7.44. The maximum absolute atomic E-state index is 11.6. The molecule has 0 unspecified atom stereocenters. The van der Waals surface area contributed by atoms with Gasteiger partial charge in [-0.05, 0) is 50.6 Å². The van der Waals surface area contributed by atoms with E-state index >= 15 is 0 Å². The van der Waals surface area contributed by atoms with Crippen molar-refractivity contribution < 1.29 is 19.4 Å². The molecule has 1 saturated heterocycles. The van der Waals surface area contributed by atoms with Gasteiger partial charge in [0.05, 0.1) is 17.1 Å². The van der Waals surface area contributed by atoms with Crippen molar-refractivity contribution in [1.29, 1.82) is 0 Å². The van der Waals surface area contributed by atoms with E-state index in [9.17, 15) is 14.7 Å². The molecule has 8 heteroatoms. The highest BCUT2D eigenvalue weighted by atomic mass is 32.2. The Morgan fingerprint density at radius 2 is 2.04 bits per heavy atom. The predicted molar refractivity (Wildman–Crippen MR) is 91.0 cm³/mol. The van der Waals surface area contributed by atoms with Gasteiger partial charge in [0.1, 0.15) is 5.75 Å². The molecular weight excluding hydrogens is 330 g/mol. The van der Waals surface area contributed by atoms with Gasteiger partial charge in [-0.1, -0.05) is 11.8 Å². The van der Waals surface area contributed by atoms with Gasteiger partial charge in [0.25, 0.3) is 0 Å². The number of nitrogens with zero attached hydrogens (tertiary/aromatic N) is 2. The van der Waals surface area contributed by atoms with Crippen molar-refractivity contribution in [1.82, 2.24) is 5.32 Å². The number of nitrogens with one attached hydrogen (secondary N) is 1. The zero-order valence-corrected chi connectivity index (χ0v) is 14.4. The minimum Gasteiger partial charge on any atom is -0.550 e. The zero-order valence-electron chi connectivity index (χ0n) is 13.6. The van der Waals surface area contributed by atoms with Crippen molar-refractivity contribution in [2.45, 2.75) is 38.5 Å². The summed E-state index contributed by atoms with van der Waals surface area (Å²) >= 11 is 1.03. The number of thioether (sulfide) groups is 1. The van der Waals surface area contributed by atoms with Crippen LogP contribution in [0.1, 0.15) is 32.8 Å². The van der Waals surface area contributed by atoms with Gasteiger partial charge in [0.2, 0.25) is 5.91 Å². The fourth-order valence-electron chi connectivity index (χ4n) is 1.96. The molecule has 0 saturated carbocycles. The summed E-state index contributed by atoms with van der Waals surface area (Å²) in [6.45, 7) is 5.71. The van der Waals surface area contributed by atoms with E-state index in [4.69, 9.17) is 4.74 Å². The average Bonchev–Trinajstić information content (AvgIpc) is 2.84. The molecule has 24 heavy (non-hydrogen) atoms. The first-order chi connectivity index (χ1) is 11.3. The molecule has 1 atom stereocenters. The topological polar surface area (TPSA) is 103 Å². The molecular formula is C16H18N3O4S-. The number of benzene rings is 1. The van der Waals surface area contributed by atoms with Gasteiger partial charge in [-0.25, -0.2) is 0 Å². The van der Waals surface area contributed by atoms with Crippen LogP contribution >= 0.6 is 11.8 Å². The quantitative estimate of drug-likeness (QED) is 0.608. The number of ether oxygens (including phenoxy) is 1. The Balaban J connectivity index is 2.03. The van der Waals surface area contributed by atoms with Crippen LogP contribution < -0.4 is 15.2 Å². The second-order valence-electron chi connectivity index (χ2n) is 5.45. The summed E-state index contributed by atoms with van der Waals surface area (Å²) in [5.41, 5.74) is 1.54. The summed E-state index contributed by atoms with van der Waals surface area (Å²) in [5.74, 6) is -0.894. The lowest BCUT2D eigenvalue weighted by Crippen LogP contribution is -2.31. The number of carboxylic acid groups (broad SMARTS) is 1. The minimum atomic E-state index is -1.27. The number of rotatable bonds is 6. The van der Waals surface area contributed by atoms with Gasteiger partial charge in [-0.15, -0.1) is 5.10 Å². The van der Waals surface area contributed by atoms with Crippen LogP contribution in [0, 0.1) is 0 Å². The Labute approximate surface area is 144 Å². The number of amidine groups is 1. The fourth-order valence-corrected chi connectivity index (χ4v) is 2.87. The second kappa shape index (κ2) is 7.96. The highest BCUT2D eigenvalue weighted by Crippen LogP contribution is 2.22. The Morgan fingerprint density at radius 3 is 2.62 bits per heavy atom. The van der Waals surface area contributed by atoms with Crippen molar-refractivity contribution in [2.75, 3.05) is 0 Å². The van der Waals surface area contributed by atoms with E-state index in [0.717, 1.165) is 23.1 Å². The van der Waals surface area contributed by atoms with Gasteiger partial charge in [0.15, 0.2) is 5.17 Å². The van der Waals surface area contributed by atoms with Gasteiger partial charge in [0, 0.05) is 12.4 Å². The molecule has 0 spiro atoms. The van der Waals surface area contributed by atoms with Crippen LogP contribution in [0.25, 0.3) is 0 Å². The molecule has 2 rings (SSSR count). The van der Waals surface area contributed by atoms with Crippen molar-refractivity contribution in [2.24, 2.45) is 10.2 Å². The minimum absolute atomic E-state index is 0.106. The molecule has 1 aliphatic heterocycles. The number of carboxylic acids is 1. The largest absolute Gasteiger partial charge is 0.550 e. The van der Waals surface area contributed by atoms with Crippen LogP contribution in [-0.4, -0.2) is 34.1 Å². The smallest absolute Gasteiger partial charge is 0.239 e. The molecule has 128 valence electrons. The van der Waals surface area contributed by atoms with Gasteiger partial charge in [-0.2, -0.15) is 5.10 Å². The van der Waals surface area contributed by atoms with Crippen molar-refractivity contribution in [3.8, 4) is 5.75 Å². The SMILES string of the molecule is C/C(=N\N=C1/NC(=O)[C@@H](CC(=O)[O-])S1)c1ccc(OC(C)C)cc1. The van der Waals surface area contributed by atoms with Crippen LogP contribution in [0.3, 0.4) is 0 Å². The molecule has 0 bridgehead atoms. The van der Waals surface area contributed by atoms with Gasteiger partial charge < -0.3 is 20.0 Å². The lowest BCUT2D eigenvalue weighted by Gasteiger charge is -2.09. The van der Waals surface area contributed by atoms with Crippen LogP contribution in [0.5, 0.6) is 5.75 Å². The molecule has 0 aromatic heterocycles. The summed E-state index contributed by atoms with van der Waals surface area (Å²) in [6.07, 6.45) is -0.246. The highest BCUT2D eigenvalue weighted by Gasteiger charge is 2.30. The van der Waals surface area contributed by atoms with E-state index in [1.54, 1.807) is 6.92 Å². The molecule has 1 N–H and O–H groups in total. The Morgan fingerprint density at radius 1 is 1.38 bits per heavy atom. The van der Waals surface area contributed by atoms with E-state index in [1.807, 2.05) is 38.1 Å².